The Labute approximate surface area is 293 Å². The van der Waals surface area contributed by atoms with E-state index in [0.29, 0.717) is 5.92 Å². The van der Waals surface area contributed by atoms with Crippen LogP contribution in [0.15, 0.2) is 78.9 Å². The van der Waals surface area contributed by atoms with Gasteiger partial charge in [0.2, 0.25) is 0 Å². The summed E-state index contributed by atoms with van der Waals surface area (Å²) in [6, 6.07) is 24.9. The minimum atomic E-state index is -1.35. The number of nitrogens with one attached hydrogen (secondary N) is 2. The highest BCUT2D eigenvalue weighted by molar-refractivity contribution is 5.97. The molecule has 5 rings (SSSR count). The Morgan fingerprint density at radius 1 is 0.848 bits per heavy atom. The van der Waals surface area contributed by atoms with Gasteiger partial charge in [0.25, 0.3) is 0 Å². The number of nitrogens with zero attached hydrogens (tertiary/aromatic N) is 1. The van der Waals surface area contributed by atoms with Gasteiger partial charge in [-0.15, -0.1) is 0 Å². The van der Waals surface area contributed by atoms with Crippen LogP contribution < -0.4 is 34.6 Å². The Morgan fingerprint density at radius 3 is 1.98 bits per heavy atom. The maximum Gasteiger partial charge on any atom is 0.315 e. The molecule has 0 aromatic heterocycles. The molecule has 0 spiro atoms. The Morgan fingerprint density at radius 2 is 1.41 bits per heavy atom. The van der Waals surface area contributed by atoms with Gasteiger partial charge in [-0.3, -0.25) is 4.79 Å². The van der Waals surface area contributed by atoms with Crippen molar-refractivity contribution >= 4 is 11.8 Å². The number of likely N-dealkylation sites (N-methyl/N-ethyl adjacent to an activating group) is 1. The Bertz CT molecular complexity index is 1400. The van der Waals surface area contributed by atoms with E-state index in [1.807, 2.05) is 87.5 Å². The summed E-state index contributed by atoms with van der Waals surface area (Å²) < 4.78 is 1.08. The SMILES string of the molecule is CC(C)C(=O)c1ccc2c(c1)CC[N+](C)(CCC1CCC(NC(=O)N[C@H](C)C(O)(c3ccccc3)c3ccccc3)CC1)CC2.[I-]. The van der Waals surface area contributed by atoms with Crippen molar-refractivity contribution in [2.45, 2.75) is 83.4 Å². The van der Waals surface area contributed by atoms with Gasteiger partial charge in [0.05, 0.1) is 32.7 Å². The third-order valence-corrected chi connectivity index (χ3v) is 10.5. The predicted octanol–water partition coefficient (Wildman–Crippen LogP) is 3.65. The summed E-state index contributed by atoms with van der Waals surface area (Å²) in [5.74, 6) is 0.941. The van der Waals surface area contributed by atoms with Gasteiger partial charge >= 0.3 is 6.03 Å². The second kappa shape index (κ2) is 15.9. The van der Waals surface area contributed by atoms with E-state index in [2.05, 4.69) is 29.8 Å². The van der Waals surface area contributed by atoms with Gasteiger partial charge in [-0.2, -0.15) is 0 Å². The molecule has 2 amide bonds. The Balaban J connectivity index is 0.00000480. The average Bonchev–Trinajstić information content (AvgIpc) is 3.23. The van der Waals surface area contributed by atoms with Crippen LogP contribution in [0.25, 0.3) is 0 Å². The van der Waals surface area contributed by atoms with Crippen molar-refractivity contribution in [3.63, 3.8) is 0 Å². The van der Waals surface area contributed by atoms with Gasteiger partial charge < -0.3 is 44.2 Å². The number of carbonyl (C=O) groups excluding carboxylic acids is 2. The molecular formula is C39H52IN3O3. The fourth-order valence-electron chi connectivity index (χ4n) is 7.37. The van der Waals surface area contributed by atoms with Crippen molar-refractivity contribution in [1.82, 2.24) is 10.6 Å². The lowest BCUT2D eigenvalue weighted by molar-refractivity contribution is -0.909. The molecule has 1 saturated carbocycles. The van der Waals surface area contributed by atoms with Crippen molar-refractivity contribution in [3.05, 3.63) is 107 Å². The lowest BCUT2D eigenvalue weighted by Gasteiger charge is -2.37. The van der Waals surface area contributed by atoms with E-state index in [-0.39, 0.29) is 47.8 Å². The minimum absolute atomic E-state index is 0. The van der Waals surface area contributed by atoms with Crippen LogP contribution in [-0.4, -0.2) is 60.2 Å². The van der Waals surface area contributed by atoms with E-state index >= 15 is 0 Å². The number of aliphatic hydroxyl groups is 1. The molecule has 2 atom stereocenters. The van der Waals surface area contributed by atoms with E-state index in [1.165, 1.54) is 24.1 Å². The van der Waals surface area contributed by atoms with Gasteiger partial charge in [-0.1, -0.05) is 86.6 Å². The normalized spacial score (nSPS) is 22.1. The third-order valence-electron chi connectivity index (χ3n) is 10.5. The van der Waals surface area contributed by atoms with Crippen molar-refractivity contribution in [3.8, 4) is 0 Å². The molecule has 3 N–H and O–H groups in total. The van der Waals surface area contributed by atoms with Gasteiger partial charge in [0.1, 0.15) is 5.60 Å². The number of fused-ring (bicyclic) bond motifs is 1. The van der Waals surface area contributed by atoms with E-state index in [9.17, 15) is 14.7 Å². The Kier molecular flexibility index (Phi) is 12.5. The predicted molar refractivity (Wildman–Crippen MR) is 181 cm³/mol. The number of benzene rings is 3. The molecule has 1 aliphatic heterocycles. The number of carbonyl (C=O) groups is 2. The first-order valence-corrected chi connectivity index (χ1v) is 17.0. The number of Topliss-reactive ketones (excluding diaryl/α,β-unsaturated/α-hetero) is 1. The molecule has 248 valence electrons. The van der Waals surface area contributed by atoms with Crippen LogP contribution in [0.5, 0.6) is 0 Å². The summed E-state index contributed by atoms with van der Waals surface area (Å²) in [5.41, 5.74) is 3.77. The number of hydrogen-bond donors (Lipinski definition) is 3. The summed E-state index contributed by atoms with van der Waals surface area (Å²) >= 11 is 0. The van der Waals surface area contributed by atoms with Crippen LogP contribution in [-0.2, 0) is 18.4 Å². The smallest absolute Gasteiger partial charge is 0.315 e. The first-order valence-electron chi connectivity index (χ1n) is 17.0. The zero-order valence-electron chi connectivity index (χ0n) is 28.0. The summed E-state index contributed by atoms with van der Waals surface area (Å²) in [7, 11) is 2.40. The summed E-state index contributed by atoms with van der Waals surface area (Å²) in [6.45, 7) is 9.23. The Hall–Kier alpha value is -2.75. The molecule has 0 radical (unpaired) electrons. The number of rotatable bonds is 10. The molecule has 2 aliphatic rings. The molecule has 46 heavy (non-hydrogen) atoms. The maximum absolute atomic E-state index is 13.1. The number of hydrogen-bond acceptors (Lipinski definition) is 3. The van der Waals surface area contributed by atoms with Crippen LogP contribution in [0, 0.1) is 11.8 Å². The number of amides is 2. The summed E-state index contributed by atoms with van der Waals surface area (Å²) in [4.78, 5) is 25.7. The molecule has 3 aromatic rings. The van der Waals surface area contributed by atoms with Crippen molar-refractivity contribution in [2.75, 3.05) is 26.7 Å². The number of halogens is 1. The first kappa shape index (κ1) is 36.1. The maximum atomic E-state index is 13.1. The minimum Gasteiger partial charge on any atom is -1.00 e. The van der Waals surface area contributed by atoms with Gasteiger partial charge in [0, 0.05) is 30.4 Å². The van der Waals surface area contributed by atoms with Crippen LogP contribution in [0.4, 0.5) is 4.79 Å². The molecular weight excluding hydrogens is 685 g/mol. The molecule has 1 heterocycles. The second-order valence-corrected chi connectivity index (χ2v) is 14.1. The highest BCUT2D eigenvalue weighted by Crippen LogP contribution is 2.33. The summed E-state index contributed by atoms with van der Waals surface area (Å²) in [5, 5.41) is 18.2. The number of quaternary nitrogens is 1. The molecule has 6 nitrogen and oxygen atoms in total. The molecule has 0 bridgehead atoms. The topological polar surface area (TPSA) is 78.4 Å². The summed E-state index contributed by atoms with van der Waals surface area (Å²) in [6.07, 6.45) is 7.51. The largest absolute Gasteiger partial charge is 1.00 e. The quantitative estimate of drug-likeness (QED) is 0.169. The fourth-order valence-corrected chi connectivity index (χ4v) is 7.37. The van der Waals surface area contributed by atoms with E-state index in [4.69, 9.17) is 0 Å². The molecule has 7 heteroatoms. The van der Waals surface area contributed by atoms with Crippen molar-refractivity contribution in [2.24, 2.45) is 11.8 Å². The molecule has 3 aromatic carbocycles. The fraction of sp³-hybridized carbons (Fsp3) is 0.487. The van der Waals surface area contributed by atoms with Gasteiger partial charge in [-0.05, 0) is 73.3 Å². The standard InChI is InChI=1S/C39H51N3O3.HI/c1-28(2)37(43)33-18-17-31-22-25-42(4,26-23-32(31)27-33)24-21-30-15-19-36(20-16-30)41-38(44)40-29(3)39(45,34-11-7-5-8-12-34)35-13-9-6-10-14-35;/h5-14,17-18,27-30,36,45H,15-16,19-26H2,1-4H3,(H-,40,41,44);1H/t29-,30?,36?,42?;/m1./s1. The molecule has 0 saturated heterocycles. The molecule has 1 unspecified atom stereocenters. The lowest BCUT2D eigenvalue weighted by Crippen LogP contribution is -3.00. The highest BCUT2D eigenvalue weighted by Gasteiger charge is 2.39. The van der Waals surface area contributed by atoms with Crippen LogP contribution in [0.3, 0.4) is 0 Å². The lowest BCUT2D eigenvalue weighted by atomic mass is 9.81. The number of ketones is 1. The van der Waals surface area contributed by atoms with Crippen LogP contribution in [0.1, 0.15) is 85.5 Å². The zero-order valence-corrected chi connectivity index (χ0v) is 30.1. The monoisotopic (exact) mass is 737 g/mol. The van der Waals surface area contributed by atoms with Gasteiger partial charge in [0.15, 0.2) is 5.78 Å². The van der Waals surface area contributed by atoms with Crippen molar-refractivity contribution < 1.29 is 43.2 Å². The first-order chi connectivity index (χ1) is 21.6. The van der Waals surface area contributed by atoms with E-state index in [0.717, 1.165) is 72.8 Å². The molecule has 1 aliphatic carbocycles. The van der Waals surface area contributed by atoms with E-state index < -0.39 is 11.6 Å². The average molecular weight is 738 g/mol. The number of urea groups is 1. The highest BCUT2D eigenvalue weighted by atomic mass is 127. The zero-order chi connectivity index (χ0) is 32.0. The second-order valence-electron chi connectivity index (χ2n) is 14.1. The van der Waals surface area contributed by atoms with Crippen LogP contribution >= 0.6 is 0 Å². The van der Waals surface area contributed by atoms with Gasteiger partial charge in [-0.25, -0.2) is 4.79 Å². The third kappa shape index (κ3) is 8.58. The van der Waals surface area contributed by atoms with Crippen molar-refractivity contribution in [1.29, 1.82) is 0 Å². The van der Waals surface area contributed by atoms with Crippen LogP contribution in [0.2, 0.25) is 0 Å². The van der Waals surface area contributed by atoms with E-state index in [1.54, 1.807) is 0 Å². The molecule has 1 fully saturated rings.